The summed E-state index contributed by atoms with van der Waals surface area (Å²) >= 11 is 1.83. The summed E-state index contributed by atoms with van der Waals surface area (Å²) in [6.45, 7) is 4.72. The van der Waals surface area contributed by atoms with Crippen LogP contribution in [0.15, 0.2) is 149 Å². The van der Waals surface area contributed by atoms with Crippen molar-refractivity contribution in [3.63, 3.8) is 0 Å². The SMILES string of the molecule is CC1(C)c2ccccc2C2(c3ccccc3Oc3c(N4c5ccccc5Sc5ccccc54)cccc32)c2ccccc21. The van der Waals surface area contributed by atoms with Crippen molar-refractivity contribution in [2.45, 2.75) is 34.5 Å². The van der Waals surface area contributed by atoms with Crippen molar-refractivity contribution in [3.8, 4) is 11.5 Å². The Morgan fingerprint density at radius 3 is 1.56 bits per heavy atom. The van der Waals surface area contributed by atoms with E-state index in [-0.39, 0.29) is 5.41 Å². The molecule has 0 aromatic heterocycles. The maximum absolute atomic E-state index is 7.05. The highest BCUT2D eigenvalue weighted by atomic mass is 32.2. The van der Waals surface area contributed by atoms with Crippen LogP contribution in [0.3, 0.4) is 0 Å². The van der Waals surface area contributed by atoms with Crippen LogP contribution in [0, 0.1) is 0 Å². The molecule has 0 unspecified atom stereocenters. The Bertz CT molecular complexity index is 2000. The molecular formula is C40H29NOS. The van der Waals surface area contributed by atoms with Gasteiger partial charge in [0, 0.05) is 26.3 Å². The van der Waals surface area contributed by atoms with Gasteiger partial charge in [-0.1, -0.05) is 129 Å². The van der Waals surface area contributed by atoms with Gasteiger partial charge in [0.15, 0.2) is 5.75 Å². The van der Waals surface area contributed by atoms with Crippen molar-refractivity contribution in [1.29, 1.82) is 0 Å². The fraction of sp³-hybridized carbons (Fsp3) is 0.100. The summed E-state index contributed by atoms with van der Waals surface area (Å²) in [6.07, 6.45) is 0. The molecular weight excluding hydrogens is 543 g/mol. The standard InChI is InChI=1S/C40H29NOS/c1-39(2)26-14-3-5-16-28(26)40(29-17-6-4-15-27(29)39)30-18-7-10-23-35(30)42-38-31(40)19-13-22-34(38)41-32-20-8-11-24-36(32)43-37-25-12-9-21-33(37)41/h3-25H,1-2H3. The van der Waals surface area contributed by atoms with E-state index in [9.17, 15) is 0 Å². The Labute approximate surface area is 256 Å². The van der Waals surface area contributed by atoms with Crippen molar-refractivity contribution in [1.82, 2.24) is 0 Å². The van der Waals surface area contributed by atoms with Crippen LogP contribution in [-0.4, -0.2) is 0 Å². The minimum atomic E-state index is -0.535. The molecule has 0 saturated heterocycles. The highest BCUT2D eigenvalue weighted by molar-refractivity contribution is 7.99. The molecule has 0 N–H and O–H groups in total. The second-order valence-corrected chi connectivity index (χ2v) is 13.2. The molecule has 0 radical (unpaired) electrons. The number of fused-ring (bicyclic) bond motifs is 10. The largest absolute Gasteiger partial charge is 0.454 e. The lowest BCUT2D eigenvalue weighted by Gasteiger charge is -2.50. The average Bonchev–Trinajstić information content (AvgIpc) is 3.05. The molecule has 0 saturated carbocycles. The number of benzene rings is 6. The van der Waals surface area contributed by atoms with E-state index in [0.717, 1.165) is 17.2 Å². The van der Waals surface area contributed by atoms with E-state index < -0.39 is 5.41 Å². The van der Waals surface area contributed by atoms with Gasteiger partial charge in [0.1, 0.15) is 5.75 Å². The molecule has 1 aliphatic carbocycles. The molecule has 0 atom stereocenters. The van der Waals surface area contributed by atoms with Crippen molar-refractivity contribution in [2.75, 3.05) is 4.90 Å². The molecule has 6 aromatic rings. The highest BCUT2D eigenvalue weighted by Crippen LogP contribution is 2.64. The van der Waals surface area contributed by atoms with Gasteiger partial charge in [-0.2, -0.15) is 0 Å². The molecule has 2 nitrogen and oxygen atoms in total. The first-order chi connectivity index (χ1) is 21.1. The minimum Gasteiger partial charge on any atom is -0.454 e. The average molecular weight is 572 g/mol. The Balaban J connectivity index is 1.42. The van der Waals surface area contributed by atoms with E-state index in [1.807, 2.05) is 11.8 Å². The van der Waals surface area contributed by atoms with E-state index in [1.165, 1.54) is 54.5 Å². The second kappa shape index (κ2) is 8.89. The summed E-state index contributed by atoms with van der Waals surface area (Å²) in [7, 11) is 0. The van der Waals surface area contributed by atoms with Crippen LogP contribution >= 0.6 is 11.8 Å². The lowest BCUT2D eigenvalue weighted by molar-refractivity contribution is 0.426. The summed E-state index contributed by atoms with van der Waals surface area (Å²) in [6, 6.07) is 50.8. The molecule has 0 amide bonds. The van der Waals surface area contributed by atoms with Crippen LogP contribution in [-0.2, 0) is 10.8 Å². The van der Waals surface area contributed by atoms with Crippen LogP contribution in [0.4, 0.5) is 17.1 Å². The minimum absolute atomic E-state index is 0.147. The van der Waals surface area contributed by atoms with Gasteiger partial charge in [0.25, 0.3) is 0 Å². The fourth-order valence-electron chi connectivity index (χ4n) is 7.77. The summed E-state index contributed by atoms with van der Waals surface area (Å²) < 4.78 is 7.05. The van der Waals surface area contributed by atoms with Gasteiger partial charge in [-0.3, -0.25) is 0 Å². The molecule has 0 fully saturated rings. The summed E-state index contributed by atoms with van der Waals surface area (Å²) in [5.41, 5.74) is 10.4. The van der Waals surface area contributed by atoms with E-state index in [4.69, 9.17) is 4.74 Å². The van der Waals surface area contributed by atoms with Crippen LogP contribution in [0.25, 0.3) is 0 Å². The second-order valence-electron chi connectivity index (χ2n) is 12.1. The van der Waals surface area contributed by atoms with Gasteiger partial charge < -0.3 is 9.64 Å². The Hall–Kier alpha value is -4.73. The Morgan fingerprint density at radius 2 is 0.930 bits per heavy atom. The summed E-state index contributed by atoms with van der Waals surface area (Å²) in [5.74, 6) is 1.81. The smallest absolute Gasteiger partial charge is 0.156 e. The molecule has 1 spiro atoms. The summed E-state index contributed by atoms with van der Waals surface area (Å²) in [5, 5.41) is 0. The third kappa shape index (κ3) is 3.21. The van der Waals surface area contributed by atoms with Crippen molar-refractivity contribution >= 4 is 28.8 Å². The topological polar surface area (TPSA) is 12.5 Å². The lowest BCUT2D eigenvalue weighted by atomic mass is 9.53. The highest BCUT2D eigenvalue weighted by Gasteiger charge is 2.53. The van der Waals surface area contributed by atoms with Crippen LogP contribution in [0.2, 0.25) is 0 Å². The first kappa shape index (κ1) is 24.8. The molecule has 3 heteroatoms. The number of rotatable bonds is 1. The Morgan fingerprint density at radius 1 is 0.465 bits per heavy atom. The monoisotopic (exact) mass is 571 g/mol. The van der Waals surface area contributed by atoms with Gasteiger partial charge in [0.2, 0.25) is 0 Å². The van der Waals surface area contributed by atoms with E-state index in [1.54, 1.807) is 0 Å². The van der Waals surface area contributed by atoms with Gasteiger partial charge in [-0.05, 0) is 58.7 Å². The maximum Gasteiger partial charge on any atom is 0.156 e. The number of hydrogen-bond acceptors (Lipinski definition) is 3. The van der Waals surface area contributed by atoms with Crippen molar-refractivity contribution in [3.05, 3.63) is 173 Å². The van der Waals surface area contributed by atoms with Gasteiger partial charge >= 0.3 is 0 Å². The molecule has 2 aliphatic heterocycles. The maximum atomic E-state index is 7.05. The zero-order valence-electron chi connectivity index (χ0n) is 24.0. The number of anilines is 3. The predicted octanol–water partition coefficient (Wildman–Crippen LogP) is 10.7. The van der Waals surface area contributed by atoms with Crippen LogP contribution in [0.5, 0.6) is 11.5 Å². The molecule has 206 valence electrons. The third-order valence-electron chi connectivity index (χ3n) is 9.58. The number of ether oxygens (including phenoxy) is 1. The normalized spacial score (nSPS) is 16.1. The molecule has 2 heterocycles. The third-order valence-corrected chi connectivity index (χ3v) is 10.7. The zero-order valence-corrected chi connectivity index (χ0v) is 24.9. The fourth-order valence-corrected chi connectivity index (χ4v) is 8.83. The molecule has 9 rings (SSSR count). The molecule has 6 aromatic carbocycles. The van der Waals surface area contributed by atoms with E-state index in [0.29, 0.717) is 0 Å². The molecule has 3 aliphatic rings. The number of para-hydroxylation sites is 4. The summed E-state index contributed by atoms with van der Waals surface area (Å²) in [4.78, 5) is 4.87. The van der Waals surface area contributed by atoms with Gasteiger partial charge in [0.05, 0.1) is 22.5 Å². The van der Waals surface area contributed by atoms with Gasteiger partial charge in [-0.15, -0.1) is 0 Å². The van der Waals surface area contributed by atoms with Crippen LogP contribution in [0.1, 0.15) is 47.2 Å². The zero-order chi connectivity index (χ0) is 28.8. The van der Waals surface area contributed by atoms with E-state index in [2.05, 4.69) is 158 Å². The lowest BCUT2D eigenvalue weighted by Crippen LogP contribution is -2.43. The first-order valence-electron chi connectivity index (χ1n) is 14.9. The number of nitrogens with zero attached hydrogens (tertiary/aromatic N) is 1. The molecule has 0 bridgehead atoms. The van der Waals surface area contributed by atoms with Crippen LogP contribution < -0.4 is 9.64 Å². The van der Waals surface area contributed by atoms with E-state index >= 15 is 0 Å². The first-order valence-corrected chi connectivity index (χ1v) is 15.7. The quantitative estimate of drug-likeness (QED) is 0.194. The van der Waals surface area contributed by atoms with Crippen molar-refractivity contribution in [2.24, 2.45) is 0 Å². The molecule has 43 heavy (non-hydrogen) atoms. The van der Waals surface area contributed by atoms with Crippen molar-refractivity contribution < 1.29 is 4.74 Å². The number of hydrogen-bond donors (Lipinski definition) is 0. The van der Waals surface area contributed by atoms with Gasteiger partial charge in [-0.25, -0.2) is 0 Å². The predicted molar refractivity (Wildman–Crippen MR) is 176 cm³/mol. The Kier molecular flexibility index (Phi) is 5.13.